The monoisotopic (exact) mass is 492 g/mol. The Labute approximate surface area is 193 Å². The van der Waals surface area contributed by atoms with Gasteiger partial charge in [0.05, 0.1) is 5.56 Å². The van der Waals surface area contributed by atoms with Gasteiger partial charge in [-0.1, -0.05) is 23.7 Å². The molecule has 0 amide bonds. The van der Waals surface area contributed by atoms with Gasteiger partial charge in [-0.2, -0.15) is 13.2 Å². The summed E-state index contributed by atoms with van der Waals surface area (Å²) in [7, 11) is 0. The van der Waals surface area contributed by atoms with Gasteiger partial charge in [-0.05, 0) is 60.3 Å². The van der Waals surface area contributed by atoms with E-state index in [0.29, 0.717) is 22.3 Å². The second kappa shape index (κ2) is 9.16. The van der Waals surface area contributed by atoms with Crippen molar-refractivity contribution in [3.05, 3.63) is 81.9 Å². The lowest BCUT2D eigenvalue weighted by Crippen LogP contribution is -2.04. The summed E-state index contributed by atoms with van der Waals surface area (Å²) in [5, 5.41) is 17.8. The van der Waals surface area contributed by atoms with E-state index in [0.717, 1.165) is 12.1 Å². The van der Waals surface area contributed by atoms with Crippen molar-refractivity contribution < 1.29 is 31.9 Å². The van der Waals surface area contributed by atoms with Gasteiger partial charge in [0, 0.05) is 22.2 Å². The first-order valence-corrected chi connectivity index (χ1v) is 10.4. The number of halogens is 4. The summed E-state index contributed by atoms with van der Waals surface area (Å²) in [6, 6.07) is 14.2. The van der Waals surface area contributed by atoms with Crippen LogP contribution in [-0.4, -0.2) is 21.3 Å². The number of alkyl halides is 3. The third kappa shape index (κ3) is 5.47. The fourth-order valence-corrected chi connectivity index (χ4v) is 3.53. The number of carbonyl (C=O) groups is 1. The van der Waals surface area contributed by atoms with E-state index in [1.165, 1.54) is 30.3 Å². The van der Waals surface area contributed by atoms with Gasteiger partial charge in [-0.3, -0.25) is 0 Å². The Morgan fingerprint density at radius 1 is 1.00 bits per heavy atom. The van der Waals surface area contributed by atoms with Crippen LogP contribution in [0.1, 0.15) is 11.3 Å². The van der Waals surface area contributed by atoms with Crippen LogP contribution in [0.25, 0.3) is 28.9 Å². The number of aromatic nitrogens is 2. The molecule has 0 bridgehead atoms. The molecule has 33 heavy (non-hydrogen) atoms. The number of rotatable bonds is 6. The first kappa shape index (κ1) is 22.7. The summed E-state index contributed by atoms with van der Waals surface area (Å²) in [5.74, 6) is -0.804. The van der Waals surface area contributed by atoms with Crippen LogP contribution in [0, 0.1) is 0 Å². The van der Waals surface area contributed by atoms with E-state index >= 15 is 0 Å². The van der Waals surface area contributed by atoms with E-state index in [9.17, 15) is 23.1 Å². The van der Waals surface area contributed by atoms with Crippen molar-refractivity contribution in [2.24, 2.45) is 0 Å². The van der Waals surface area contributed by atoms with Gasteiger partial charge in [0.15, 0.2) is 0 Å². The van der Waals surface area contributed by atoms with Crippen LogP contribution in [-0.2, 0) is 11.0 Å². The van der Waals surface area contributed by atoms with Crippen molar-refractivity contribution in [3.8, 4) is 22.8 Å². The normalized spacial score (nSPS) is 12.2. The highest BCUT2D eigenvalue weighted by molar-refractivity contribution is 8.03. The molecule has 0 spiro atoms. The highest BCUT2D eigenvalue weighted by atomic mass is 35.5. The predicted molar refractivity (Wildman–Crippen MR) is 115 cm³/mol. The third-order valence-corrected chi connectivity index (χ3v) is 5.38. The number of hydrogen-bond acceptors (Lipinski definition) is 6. The largest absolute Gasteiger partial charge is 0.477 e. The molecule has 0 saturated heterocycles. The van der Waals surface area contributed by atoms with Crippen molar-refractivity contribution in [2.75, 3.05) is 0 Å². The predicted octanol–water partition coefficient (Wildman–Crippen LogP) is 6.89. The molecule has 0 fully saturated rings. The molecule has 0 radical (unpaired) electrons. The zero-order chi connectivity index (χ0) is 23.6. The van der Waals surface area contributed by atoms with Crippen LogP contribution in [0.4, 0.5) is 13.2 Å². The van der Waals surface area contributed by atoms with E-state index < -0.39 is 17.7 Å². The minimum atomic E-state index is -4.49. The molecule has 0 aliphatic rings. The SMILES string of the molecule is O=C(O)/C(=C/c1ccc(-c2cccc(C(F)(F)F)c2)o1)Sc1nnc(-c2ccc(Cl)cc2)o1. The summed E-state index contributed by atoms with van der Waals surface area (Å²) >= 11 is 6.56. The summed E-state index contributed by atoms with van der Waals surface area (Å²) in [4.78, 5) is 11.5. The number of aliphatic carboxylic acids is 1. The number of carboxylic acid groups (broad SMARTS) is 1. The average molecular weight is 493 g/mol. The standard InChI is InChI=1S/C22H12ClF3N2O4S/c23-15-6-4-12(5-7-15)19-27-28-21(32-19)33-18(20(29)30)11-16-8-9-17(31-16)13-2-1-3-14(10-13)22(24,25)26/h1-11H,(H,29,30)/b18-11-. The highest BCUT2D eigenvalue weighted by Gasteiger charge is 2.30. The summed E-state index contributed by atoms with van der Waals surface area (Å²) in [5.41, 5.74) is -0.00182. The lowest BCUT2D eigenvalue weighted by molar-refractivity contribution is -0.137. The van der Waals surface area contributed by atoms with Crippen LogP contribution >= 0.6 is 23.4 Å². The van der Waals surface area contributed by atoms with E-state index in [4.69, 9.17) is 20.4 Å². The number of benzene rings is 2. The molecule has 4 rings (SSSR count). The fourth-order valence-electron chi connectivity index (χ4n) is 2.75. The Hall–Kier alpha value is -3.50. The van der Waals surface area contributed by atoms with Crippen LogP contribution in [0.2, 0.25) is 5.02 Å². The van der Waals surface area contributed by atoms with Crippen molar-refractivity contribution in [1.82, 2.24) is 10.2 Å². The van der Waals surface area contributed by atoms with Crippen LogP contribution < -0.4 is 0 Å². The quantitative estimate of drug-likeness (QED) is 0.231. The molecule has 1 N–H and O–H groups in total. The second-order valence-electron chi connectivity index (χ2n) is 6.58. The van der Waals surface area contributed by atoms with Crippen molar-refractivity contribution in [2.45, 2.75) is 11.4 Å². The molecule has 0 aliphatic heterocycles. The lowest BCUT2D eigenvalue weighted by atomic mass is 10.1. The summed E-state index contributed by atoms with van der Waals surface area (Å²) in [6.45, 7) is 0. The third-order valence-electron chi connectivity index (χ3n) is 4.28. The van der Waals surface area contributed by atoms with Crippen molar-refractivity contribution in [1.29, 1.82) is 0 Å². The van der Waals surface area contributed by atoms with E-state index in [1.807, 2.05) is 0 Å². The smallest absolute Gasteiger partial charge is 0.416 e. The molecule has 2 heterocycles. The molecule has 0 atom stereocenters. The molecule has 4 aromatic rings. The zero-order valence-corrected chi connectivity index (χ0v) is 17.9. The zero-order valence-electron chi connectivity index (χ0n) is 16.3. The Bertz CT molecular complexity index is 1330. The number of furan rings is 1. The van der Waals surface area contributed by atoms with E-state index in [1.54, 1.807) is 24.3 Å². The van der Waals surface area contributed by atoms with Gasteiger partial charge in [-0.25, -0.2) is 4.79 Å². The first-order chi connectivity index (χ1) is 15.7. The molecule has 0 aliphatic carbocycles. The van der Waals surface area contributed by atoms with Gasteiger partial charge in [-0.15, -0.1) is 10.2 Å². The van der Waals surface area contributed by atoms with Gasteiger partial charge in [0.25, 0.3) is 5.22 Å². The van der Waals surface area contributed by atoms with Crippen molar-refractivity contribution in [3.63, 3.8) is 0 Å². The maximum atomic E-state index is 13.0. The molecule has 0 unspecified atom stereocenters. The van der Waals surface area contributed by atoms with Crippen LogP contribution in [0.15, 0.2) is 79.6 Å². The number of carboxylic acids is 1. The van der Waals surface area contributed by atoms with Crippen molar-refractivity contribution >= 4 is 35.4 Å². The minimum Gasteiger partial charge on any atom is -0.477 e. The summed E-state index contributed by atoms with van der Waals surface area (Å²) in [6.07, 6.45) is -3.27. The molecule has 0 saturated carbocycles. The molecule has 6 nitrogen and oxygen atoms in total. The maximum absolute atomic E-state index is 13.0. The van der Waals surface area contributed by atoms with Gasteiger partial charge in [0.2, 0.25) is 5.89 Å². The molecule has 2 aromatic carbocycles. The maximum Gasteiger partial charge on any atom is 0.416 e. The Balaban J connectivity index is 1.56. The molecular formula is C22H12ClF3N2O4S. The molecule has 168 valence electrons. The van der Waals surface area contributed by atoms with Gasteiger partial charge >= 0.3 is 12.1 Å². The Morgan fingerprint density at radius 3 is 2.45 bits per heavy atom. The van der Waals surface area contributed by atoms with Gasteiger partial charge in [0.1, 0.15) is 16.4 Å². The molecule has 11 heteroatoms. The van der Waals surface area contributed by atoms with Gasteiger partial charge < -0.3 is 13.9 Å². The molecular weight excluding hydrogens is 481 g/mol. The van der Waals surface area contributed by atoms with E-state index in [-0.39, 0.29) is 33.1 Å². The molecule has 2 aromatic heterocycles. The Kier molecular flexibility index (Phi) is 6.30. The topological polar surface area (TPSA) is 89.4 Å². The Morgan fingerprint density at radius 2 is 1.76 bits per heavy atom. The number of hydrogen-bond donors (Lipinski definition) is 1. The van der Waals surface area contributed by atoms with Crippen LogP contribution in [0.3, 0.4) is 0 Å². The fraction of sp³-hybridized carbons (Fsp3) is 0.0455. The van der Waals surface area contributed by atoms with E-state index in [2.05, 4.69) is 10.2 Å². The minimum absolute atomic E-state index is 0.0155. The van der Waals surface area contributed by atoms with Crippen LogP contribution in [0.5, 0.6) is 0 Å². The highest BCUT2D eigenvalue weighted by Crippen LogP contribution is 2.34. The first-order valence-electron chi connectivity index (χ1n) is 9.19. The second-order valence-corrected chi connectivity index (χ2v) is 8.01. The average Bonchev–Trinajstić information content (AvgIpc) is 3.43. The number of nitrogens with zero attached hydrogens (tertiary/aromatic N) is 2. The summed E-state index contributed by atoms with van der Waals surface area (Å²) < 4.78 is 49.9. The number of thioether (sulfide) groups is 1. The lowest BCUT2D eigenvalue weighted by Gasteiger charge is -2.07.